The van der Waals surface area contributed by atoms with Crippen LogP contribution in [0.25, 0.3) is 22.3 Å². The van der Waals surface area contributed by atoms with Gasteiger partial charge in [0, 0.05) is 68.2 Å². The van der Waals surface area contributed by atoms with E-state index in [1.165, 1.54) is 0 Å². The van der Waals surface area contributed by atoms with Crippen LogP contribution in [-0.4, -0.2) is 90.3 Å². The first-order valence-electron chi connectivity index (χ1n) is 12.6. The highest BCUT2D eigenvalue weighted by Gasteiger charge is 2.49. The van der Waals surface area contributed by atoms with E-state index in [1.54, 1.807) is 6.33 Å². The average Bonchev–Trinajstić information content (AvgIpc) is 3.61. The number of urea groups is 1. The Balaban J connectivity index is 1.12. The number of nitrogens with zero attached hydrogens (tertiary/aromatic N) is 8. The van der Waals surface area contributed by atoms with Crippen LogP contribution in [0.3, 0.4) is 0 Å². The first-order chi connectivity index (χ1) is 17.1. The molecular weight excluding hydrogens is 442 g/mol. The van der Waals surface area contributed by atoms with E-state index in [0.29, 0.717) is 18.5 Å². The minimum absolute atomic E-state index is 0.201. The Labute approximate surface area is 204 Å². The molecular formula is C25H31N9O. The smallest absolute Gasteiger partial charge is 0.320 e. The van der Waals surface area contributed by atoms with Gasteiger partial charge in [0.15, 0.2) is 0 Å². The second-order valence-corrected chi connectivity index (χ2v) is 10.2. The van der Waals surface area contributed by atoms with Crippen molar-refractivity contribution in [1.29, 1.82) is 5.26 Å². The topological polar surface area (TPSA) is 110 Å². The molecule has 10 heteroatoms. The molecule has 0 aromatic carbocycles. The van der Waals surface area contributed by atoms with E-state index in [9.17, 15) is 10.1 Å². The van der Waals surface area contributed by atoms with Crippen LogP contribution in [0.1, 0.15) is 39.0 Å². The molecule has 0 unspecified atom stereocenters. The molecule has 3 aliphatic rings. The number of piperazine rings is 1. The van der Waals surface area contributed by atoms with Crippen molar-refractivity contribution in [3.05, 3.63) is 31.0 Å². The number of likely N-dealkylation sites (tertiary alicyclic amines) is 1. The maximum Gasteiger partial charge on any atom is 0.320 e. The Morgan fingerprint density at radius 1 is 1.23 bits per heavy atom. The highest BCUT2D eigenvalue weighted by atomic mass is 16.2. The summed E-state index contributed by atoms with van der Waals surface area (Å²) in [5, 5.41) is 15.2. The summed E-state index contributed by atoms with van der Waals surface area (Å²) in [6, 6.07) is 5.34. The Morgan fingerprint density at radius 3 is 2.80 bits per heavy atom. The van der Waals surface area contributed by atoms with Gasteiger partial charge in [0.2, 0.25) is 0 Å². The second-order valence-electron chi connectivity index (χ2n) is 10.2. The van der Waals surface area contributed by atoms with Crippen LogP contribution in [0.5, 0.6) is 0 Å². The molecule has 1 aliphatic carbocycles. The lowest BCUT2D eigenvalue weighted by Crippen LogP contribution is -2.61. The fourth-order valence-corrected chi connectivity index (χ4v) is 6.12. The molecule has 5 heterocycles. The van der Waals surface area contributed by atoms with Crippen LogP contribution in [0, 0.1) is 11.3 Å². The van der Waals surface area contributed by atoms with Gasteiger partial charge in [-0.1, -0.05) is 0 Å². The van der Waals surface area contributed by atoms with Crippen molar-refractivity contribution < 1.29 is 4.79 Å². The van der Waals surface area contributed by atoms with Crippen molar-refractivity contribution in [1.82, 2.24) is 39.4 Å². The summed E-state index contributed by atoms with van der Waals surface area (Å²) in [5.74, 6) is 0. The third-order valence-electron chi connectivity index (χ3n) is 8.24. The monoisotopic (exact) mass is 473 g/mol. The number of rotatable bonds is 4. The van der Waals surface area contributed by atoms with E-state index in [4.69, 9.17) is 0 Å². The maximum atomic E-state index is 12.9. The number of amides is 2. The number of aromatic nitrogens is 5. The van der Waals surface area contributed by atoms with Crippen LogP contribution in [0.2, 0.25) is 0 Å². The predicted molar refractivity (Wildman–Crippen MR) is 130 cm³/mol. The molecule has 10 nitrogen and oxygen atoms in total. The zero-order chi connectivity index (χ0) is 24.0. The van der Waals surface area contributed by atoms with Gasteiger partial charge in [-0.15, -0.1) is 0 Å². The fraction of sp³-hybridized carbons (Fsp3) is 0.560. The van der Waals surface area contributed by atoms with Gasteiger partial charge in [-0.3, -0.25) is 9.58 Å². The molecule has 0 spiro atoms. The summed E-state index contributed by atoms with van der Waals surface area (Å²) in [5.41, 5.74) is 2.29. The lowest BCUT2D eigenvalue weighted by Gasteiger charge is -2.52. The standard InChI is InChI=1S/C25H31N9O/c1-18-3-2-8-33(18)24(35)32-11-9-31(10-12-32)20-13-25(14-20,5-6-26)34-16-19(15-30-34)22-21-4-7-27-23(21)29-17-28-22/h4,7,15-18,20H,2-3,5,8-14H2,1H3,(H,27,28,29)/t18-,20-,25+/m0/s1. The number of carbonyl (C=O) groups is 1. The third kappa shape index (κ3) is 3.74. The Kier molecular flexibility index (Phi) is 5.44. The van der Waals surface area contributed by atoms with Crippen molar-refractivity contribution in [3.8, 4) is 17.3 Å². The van der Waals surface area contributed by atoms with Crippen LogP contribution in [0.15, 0.2) is 31.0 Å². The normalized spacial score (nSPS) is 27.2. The average molecular weight is 474 g/mol. The molecule has 2 saturated heterocycles. The highest BCUT2D eigenvalue weighted by molar-refractivity contribution is 5.90. The second kappa shape index (κ2) is 8.64. The molecule has 2 amide bonds. The minimum Gasteiger partial charge on any atom is -0.346 e. The molecule has 35 heavy (non-hydrogen) atoms. The zero-order valence-electron chi connectivity index (χ0n) is 20.1. The van der Waals surface area contributed by atoms with Crippen LogP contribution in [0.4, 0.5) is 4.79 Å². The number of hydrogen-bond donors (Lipinski definition) is 1. The van der Waals surface area contributed by atoms with Crippen LogP contribution in [-0.2, 0) is 5.54 Å². The summed E-state index contributed by atoms with van der Waals surface area (Å²) in [6.45, 7) is 6.36. The zero-order valence-corrected chi connectivity index (χ0v) is 20.1. The maximum absolute atomic E-state index is 12.9. The van der Waals surface area contributed by atoms with Crippen molar-refractivity contribution in [2.75, 3.05) is 32.7 Å². The van der Waals surface area contributed by atoms with Gasteiger partial charge in [0.1, 0.15) is 12.0 Å². The summed E-state index contributed by atoms with van der Waals surface area (Å²) < 4.78 is 1.98. The van der Waals surface area contributed by atoms with Crippen molar-refractivity contribution >= 4 is 17.1 Å². The molecule has 3 aromatic heterocycles. The summed E-state index contributed by atoms with van der Waals surface area (Å²) in [6.07, 6.45) is 11.7. The van der Waals surface area contributed by atoms with E-state index in [2.05, 4.69) is 37.9 Å². The van der Waals surface area contributed by atoms with Crippen LogP contribution >= 0.6 is 0 Å². The number of hydrogen-bond acceptors (Lipinski definition) is 6. The first kappa shape index (κ1) is 22.0. The molecule has 3 aromatic rings. The summed E-state index contributed by atoms with van der Waals surface area (Å²) >= 11 is 0. The largest absolute Gasteiger partial charge is 0.346 e. The molecule has 182 valence electrons. The molecule has 0 bridgehead atoms. The minimum atomic E-state index is -0.292. The predicted octanol–water partition coefficient (Wildman–Crippen LogP) is 2.81. The number of nitrogens with one attached hydrogen (secondary N) is 1. The van der Waals surface area contributed by atoms with Gasteiger partial charge < -0.3 is 14.8 Å². The fourth-order valence-electron chi connectivity index (χ4n) is 6.12. The number of fused-ring (bicyclic) bond motifs is 1. The molecule has 6 rings (SSSR count). The van der Waals surface area contributed by atoms with Gasteiger partial charge in [0.25, 0.3) is 0 Å². The molecule has 2 aliphatic heterocycles. The van der Waals surface area contributed by atoms with E-state index in [0.717, 1.165) is 80.7 Å². The van der Waals surface area contributed by atoms with Crippen molar-refractivity contribution in [3.63, 3.8) is 0 Å². The van der Waals surface area contributed by atoms with E-state index in [1.807, 2.05) is 39.1 Å². The van der Waals surface area contributed by atoms with E-state index < -0.39 is 0 Å². The summed E-state index contributed by atoms with van der Waals surface area (Å²) in [4.78, 5) is 31.3. The third-order valence-corrected chi connectivity index (χ3v) is 8.24. The summed E-state index contributed by atoms with van der Waals surface area (Å²) in [7, 11) is 0. The van der Waals surface area contributed by atoms with Gasteiger partial charge in [0.05, 0.1) is 29.9 Å². The molecule has 1 N–H and O–H groups in total. The van der Waals surface area contributed by atoms with Gasteiger partial charge in [-0.2, -0.15) is 10.4 Å². The molecule has 1 atom stereocenters. The molecule has 1 saturated carbocycles. The van der Waals surface area contributed by atoms with E-state index in [-0.39, 0.29) is 11.6 Å². The molecule has 3 fully saturated rings. The lowest BCUT2D eigenvalue weighted by molar-refractivity contribution is -0.0148. The van der Waals surface area contributed by atoms with Crippen LogP contribution < -0.4 is 0 Å². The number of H-pyrrole nitrogens is 1. The van der Waals surface area contributed by atoms with Gasteiger partial charge in [-0.25, -0.2) is 14.8 Å². The Bertz CT molecular complexity index is 1260. The SMILES string of the molecule is C[C@H]1CCCN1C(=O)N1CCN([C@H]2C[C@@](CC#N)(n3cc(-c4ncnc5[nH]ccc45)cn3)C2)CC1. The first-order valence-corrected chi connectivity index (χ1v) is 12.6. The number of aromatic amines is 1. The van der Waals surface area contributed by atoms with Gasteiger partial charge in [-0.05, 0) is 38.7 Å². The Morgan fingerprint density at radius 2 is 2.06 bits per heavy atom. The number of nitriles is 1. The quantitative estimate of drug-likeness (QED) is 0.624. The number of carbonyl (C=O) groups excluding carboxylic acids is 1. The van der Waals surface area contributed by atoms with E-state index >= 15 is 0 Å². The lowest BCUT2D eigenvalue weighted by atomic mass is 9.70. The van der Waals surface area contributed by atoms with Crippen molar-refractivity contribution in [2.24, 2.45) is 0 Å². The van der Waals surface area contributed by atoms with Gasteiger partial charge >= 0.3 is 6.03 Å². The van der Waals surface area contributed by atoms with Crippen molar-refractivity contribution in [2.45, 2.75) is 56.7 Å². The Hall–Kier alpha value is -3.45. The molecule has 0 radical (unpaired) electrons. The highest BCUT2D eigenvalue weighted by Crippen LogP contribution is 2.45.